The first-order valence-electron chi connectivity index (χ1n) is 5.85. The number of nitrogens with one attached hydrogen (secondary N) is 1. The highest BCUT2D eigenvalue weighted by Crippen LogP contribution is 2.17. The fraction of sp³-hybridized carbons (Fsp3) is 0.818. The van der Waals surface area contributed by atoms with Crippen LogP contribution in [0.25, 0.3) is 0 Å². The molecule has 0 unspecified atom stereocenters. The minimum Gasteiger partial charge on any atom is -0.317 e. The Morgan fingerprint density at radius 1 is 1.27 bits per heavy atom. The second-order valence-electron chi connectivity index (χ2n) is 4.44. The Bertz CT molecular complexity index is 312. The van der Waals surface area contributed by atoms with Crippen molar-refractivity contribution in [2.24, 2.45) is 7.05 Å². The van der Waals surface area contributed by atoms with Crippen LogP contribution < -0.4 is 5.32 Å². The average molecular weight is 208 g/mol. The molecule has 1 heterocycles. The van der Waals surface area contributed by atoms with Crippen LogP contribution in [-0.4, -0.2) is 20.8 Å². The Balaban J connectivity index is 1.84. The summed E-state index contributed by atoms with van der Waals surface area (Å²) in [6.07, 6.45) is 6.78. The van der Waals surface area contributed by atoms with E-state index in [1.165, 1.54) is 32.1 Å². The third-order valence-electron chi connectivity index (χ3n) is 3.34. The van der Waals surface area contributed by atoms with Crippen molar-refractivity contribution in [1.29, 1.82) is 0 Å². The lowest BCUT2D eigenvalue weighted by Gasteiger charge is -2.22. The van der Waals surface area contributed by atoms with E-state index in [0.29, 0.717) is 6.04 Å². The van der Waals surface area contributed by atoms with Crippen LogP contribution in [0.1, 0.15) is 43.8 Å². The molecule has 0 radical (unpaired) electrons. The first-order chi connectivity index (χ1) is 7.27. The molecule has 0 bridgehead atoms. The van der Waals surface area contributed by atoms with Crippen molar-refractivity contribution in [2.75, 3.05) is 0 Å². The molecule has 1 aliphatic rings. The van der Waals surface area contributed by atoms with Crippen molar-refractivity contribution in [3.8, 4) is 0 Å². The molecule has 0 spiro atoms. The zero-order valence-electron chi connectivity index (χ0n) is 9.66. The molecule has 1 aliphatic carbocycles. The zero-order valence-corrected chi connectivity index (χ0v) is 9.66. The maximum absolute atomic E-state index is 4.15. The van der Waals surface area contributed by atoms with E-state index in [0.717, 1.165) is 18.2 Å². The minimum atomic E-state index is 0.691. The molecule has 4 heteroatoms. The number of hydrogen-bond donors (Lipinski definition) is 1. The van der Waals surface area contributed by atoms with Crippen molar-refractivity contribution in [1.82, 2.24) is 20.1 Å². The standard InChI is InChI=1S/C11H20N4/c1-9-13-14-11(15(9)2)8-12-10-6-4-3-5-7-10/h10,12H,3-8H2,1-2H3. The lowest BCUT2D eigenvalue weighted by atomic mass is 9.95. The van der Waals surface area contributed by atoms with Gasteiger partial charge < -0.3 is 9.88 Å². The number of aromatic nitrogens is 3. The van der Waals surface area contributed by atoms with E-state index in [1.54, 1.807) is 0 Å². The molecule has 1 aromatic heterocycles. The Morgan fingerprint density at radius 2 is 2.00 bits per heavy atom. The first-order valence-corrected chi connectivity index (χ1v) is 5.85. The fourth-order valence-electron chi connectivity index (χ4n) is 2.15. The highest BCUT2D eigenvalue weighted by Gasteiger charge is 2.13. The maximum Gasteiger partial charge on any atom is 0.146 e. The topological polar surface area (TPSA) is 42.7 Å². The Kier molecular flexibility index (Phi) is 3.36. The summed E-state index contributed by atoms with van der Waals surface area (Å²) in [4.78, 5) is 0. The number of aryl methyl sites for hydroxylation is 1. The summed E-state index contributed by atoms with van der Waals surface area (Å²) in [5, 5.41) is 11.8. The SMILES string of the molecule is Cc1nnc(CNC2CCCCC2)n1C. The van der Waals surface area contributed by atoms with Gasteiger partial charge in [-0.05, 0) is 19.8 Å². The van der Waals surface area contributed by atoms with Gasteiger partial charge in [-0.15, -0.1) is 10.2 Å². The minimum absolute atomic E-state index is 0.691. The molecule has 0 aliphatic heterocycles. The van der Waals surface area contributed by atoms with E-state index in [1.807, 2.05) is 14.0 Å². The van der Waals surface area contributed by atoms with E-state index >= 15 is 0 Å². The monoisotopic (exact) mass is 208 g/mol. The van der Waals surface area contributed by atoms with E-state index in [-0.39, 0.29) is 0 Å². The van der Waals surface area contributed by atoms with Crippen LogP contribution >= 0.6 is 0 Å². The van der Waals surface area contributed by atoms with Crippen molar-refractivity contribution in [2.45, 2.75) is 51.6 Å². The summed E-state index contributed by atoms with van der Waals surface area (Å²) >= 11 is 0. The number of rotatable bonds is 3. The fourth-order valence-corrected chi connectivity index (χ4v) is 2.15. The second-order valence-corrected chi connectivity index (χ2v) is 4.44. The highest BCUT2D eigenvalue weighted by molar-refractivity contribution is 4.92. The van der Waals surface area contributed by atoms with Crippen molar-refractivity contribution in [3.05, 3.63) is 11.6 Å². The molecule has 2 rings (SSSR count). The first kappa shape index (κ1) is 10.6. The highest BCUT2D eigenvalue weighted by atomic mass is 15.3. The van der Waals surface area contributed by atoms with E-state index in [9.17, 15) is 0 Å². The third-order valence-corrected chi connectivity index (χ3v) is 3.34. The summed E-state index contributed by atoms with van der Waals surface area (Å²) in [5.74, 6) is 2.02. The molecular weight excluding hydrogens is 188 g/mol. The Labute approximate surface area is 91.1 Å². The van der Waals surface area contributed by atoms with E-state index in [4.69, 9.17) is 0 Å². The van der Waals surface area contributed by atoms with Gasteiger partial charge in [0.05, 0.1) is 6.54 Å². The van der Waals surface area contributed by atoms with Gasteiger partial charge in [0.15, 0.2) is 0 Å². The van der Waals surface area contributed by atoms with Crippen LogP contribution in [-0.2, 0) is 13.6 Å². The normalized spacial score (nSPS) is 18.3. The van der Waals surface area contributed by atoms with Gasteiger partial charge in [0, 0.05) is 13.1 Å². The Morgan fingerprint density at radius 3 is 2.60 bits per heavy atom. The molecule has 1 N–H and O–H groups in total. The molecule has 1 saturated carbocycles. The summed E-state index contributed by atoms with van der Waals surface area (Å²) in [5.41, 5.74) is 0. The van der Waals surface area contributed by atoms with Gasteiger partial charge in [-0.3, -0.25) is 0 Å². The molecule has 4 nitrogen and oxygen atoms in total. The van der Waals surface area contributed by atoms with E-state index in [2.05, 4.69) is 20.1 Å². The number of hydrogen-bond acceptors (Lipinski definition) is 3. The average Bonchev–Trinajstić information content (AvgIpc) is 2.59. The molecule has 0 saturated heterocycles. The molecule has 1 aromatic rings. The summed E-state index contributed by atoms with van der Waals surface area (Å²) in [6.45, 7) is 2.83. The molecule has 1 fully saturated rings. The third kappa shape index (κ3) is 2.56. The molecule has 15 heavy (non-hydrogen) atoms. The van der Waals surface area contributed by atoms with Crippen LogP contribution in [0.3, 0.4) is 0 Å². The summed E-state index contributed by atoms with van der Waals surface area (Å²) < 4.78 is 2.05. The van der Waals surface area contributed by atoms with Crippen LogP contribution in [0.4, 0.5) is 0 Å². The lowest BCUT2D eigenvalue weighted by molar-refractivity contribution is 0.367. The van der Waals surface area contributed by atoms with Crippen LogP contribution in [0, 0.1) is 6.92 Å². The van der Waals surface area contributed by atoms with Crippen LogP contribution in [0.15, 0.2) is 0 Å². The second kappa shape index (κ2) is 4.75. The smallest absolute Gasteiger partial charge is 0.146 e. The molecular formula is C11H20N4. The lowest BCUT2D eigenvalue weighted by Crippen LogP contribution is -2.31. The van der Waals surface area contributed by atoms with Gasteiger partial charge in [0.1, 0.15) is 11.6 Å². The van der Waals surface area contributed by atoms with Gasteiger partial charge >= 0.3 is 0 Å². The maximum atomic E-state index is 4.15. The van der Waals surface area contributed by atoms with Crippen molar-refractivity contribution < 1.29 is 0 Å². The van der Waals surface area contributed by atoms with Gasteiger partial charge in [-0.2, -0.15) is 0 Å². The van der Waals surface area contributed by atoms with E-state index < -0.39 is 0 Å². The van der Waals surface area contributed by atoms with Crippen LogP contribution in [0.5, 0.6) is 0 Å². The van der Waals surface area contributed by atoms with Gasteiger partial charge in [0.25, 0.3) is 0 Å². The predicted octanol–water partition coefficient (Wildman–Crippen LogP) is 1.55. The van der Waals surface area contributed by atoms with Crippen molar-refractivity contribution >= 4 is 0 Å². The quantitative estimate of drug-likeness (QED) is 0.819. The summed E-state index contributed by atoms with van der Waals surface area (Å²) in [6, 6.07) is 0.691. The van der Waals surface area contributed by atoms with Gasteiger partial charge in [-0.25, -0.2) is 0 Å². The largest absolute Gasteiger partial charge is 0.317 e. The molecule has 0 aromatic carbocycles. The van der Waals surface area contributed by atoms with Gasteiger partial charge in [-0.1, -0.05) is 19.3 Å². The Hall–Kier alpha value is -0.900. The molecule has 84 valence electrons. The summed E-state index contributed by atoms with van der Waals surface area (Å²) in [7, 11) is 2.02. The van der Waals surface area contributed by atoms with Gasteiger partial charge in [0.2, 0.25) is 0 Å². The van der Waals surface area contributed by atoms with Crippen molar-refractivity contribution in [3.63, 3.8) is 0 Å². The molecule has 0 atom stereocenters. The van der Waals surface area contributed by atoms with Crippen LogP contribution in [0.2, 0.25) is 0 Å². The number of nitrogens with zero attached hydrogens (tertiary/aromatic N) is 3. The zero-order chi connectivity index (χ0) is 10.7. The molecule has 0 amide bonds. The predicted molar refractivity (Wildman–Crippen MR) is 59.5 cm³/mol.